The van der Waals surface area contributed by atoms with Gasteiger partial charge in [-0.1, -0.05) is 48.5 Å². The number of anilines is 1. The summed E-state index contributed by atoms with van der Waals surface area (Å²) in [6.07, 6.45) is 0.358. The summed E-state index contributed by atoms with van der Waals surface area (Å²) in [7, 11) is 0. The lowest BCUT2D eigenvalue weighted by Crippen LogP contribution is -2.30. The minimum Gasteiger partial charge on any atom is -0.465 e. The van der Waals surface area contributed by atoms with Crippen molar-refractivity contribution in [3.8, 4) is 0 Å². The minimum atomic E-state index is -1.10. The van der Waals surface area contributed by atoms with Crippen LogP contribution in [0.4, 0.5) is 10.5 Å². The zero-order valence-corrected chi connectivity index (χ0v) is 13.4. The van der Waals surface area contributed by atoms with Gasteiger partial charge in [0.15, 0.2) is 0 Å². The molecule has 0 radical (unpaired) electrons. The van der Waals surface area contributed by atoms with Crippen molar-refractivity contribution >= 4 is 11.8 Å². The van der Waals surface area contributed by atoms with Crippen molar-refractivity contribution in [1.82, 2.24) is 9.55 Å². The van der Waals surface area contributed by atoms with Crippen LogP contribution in [0.2, 0.25) is 0 Å². The second-order valence-electron chi connectivity index (χ2n) is 5.54. The summed E-state index contributed by atoms with van der Waals surface area (Å²) in [4.78, 5) is 29.2. The highest BCUT2D eigenvalue weighted by molar-refractivity contribution is 5.85. The molecule has 0 aliphatic carbocycles. The van der Waals surface area contributed by atoms with Crippen LogP contribution in [0.15, 0.2) is 77.9 Å². The van der Waals surface area contributed by atoms with Crippen LogP contribution in [-0.4, -0.2) is 20.8 Å². The first kappa shape index (κ1) is 16.4. The van der Waals surface area contributed by atoms with Crippen LogP contribution in [0, 0.1) is 0 Å². The van der Waals surface area contributed by atoms with E-state index in [9.17, 15) is 14.7 Å². The van der Waals surface area contributed by atoms with Gasteiger partial charge in [-0.25, -0.2) is 9.78 Å². The second kappa shape index (κ2) is 7.44. The van der Waals surface area contributed by atoms with Gasteiger partial charge in [0.1, 0.15) is 0 Å². The van der Waals surface area contributed by atoms with Crippen LogP contribution < -0.4 is 10.5 Å². The normalized spacial score (nSPS) is 10.4. The van der Waals surface area contributed by atoms with Crippen LogP contribution in [-0.2, 0) is 13.1 Å². The highest BCUT2D eigenvalue weighted by Crippen LogP contribution is 2.15. The molecule has 126 valence electrons. The van der Waals surface area contributed by atoms with E-state index in [0.29, 0.717) is 17.9 Å². The van der Waals surface area contributed by atoms with E-state index in [2.05, 4.69) is 4.98 Å². The molecule has 0 saturated carbocycles. The first-order valence-electron chi connectivity index (χ1n) is 7.78. The number of nitrogens with zero attached hydrogens (tertiary/aromatic N) is 3. The molecule has 0 spiro atoms. The standard InChI is InChI=1S/C19H17N3O3/c23-18-11-16(13-22(19(24)25)17-9-5-2-6-10-17)20-14-21(18)12-15-7-3-1-4-8-15/h1-11,14H,12-13H2,(H,24,25). The van der Waals surface area contributed by atoms with Gasteiger partial charge in [-0.05, 0) is 17.7 Å². The zero-order chi connectivity index (χ0) is 17.6. The van der Waals surface area contributed by atoms with Crippen LogP contribution in [0.1, 0.15) is 11.3 Å². The molecule has 0 unspecified atom stereocenters. The Morgan fingerprint density at radius 3 is 2.28 bits per heavy atom. The summed E-state index contributed by atoms with van der Waals surface area (Å²) in [5.74, 6) is 0. The molecule has 3 rings (SSSR count). The van der Waals surface area contributed by atoms with Gasteiger partial charge in [0.05, 0.1) is 25.1 Å². The topological polar surface area (TPSA) is 75.4 Å². The third-order valence-corrected chi connectivity index (χ3v) is 3.75. The van der Waals surface area contributed by atoms with Crippen molar-refractivity contribution in [3.05, 3.63) is 94.7 Å². The Bertz CT molecular complexity index is 908. The van der Waals surface area contributed by atoms with Gasteiger partial charge in [-0.3, -0.25) is 14.3 Å². The van der Waals surface area contributed by atoms with Gasteiger partial charge in [-0.2, -0.15) is 0 Å². The summed E-state index contributed by atoms with van der Waals surface area (Å²) in [6.45, 7) is 0.440. The van der Waals surface area contributed by atoms with E-state index in [-0.39, 0.29) is 12.1 Å². The summed E-state index contributed by atoms with van der Waals surface area (Å²) < 4.78 is 1.49. The Labute approximate surface area is 144 Å². The van der Waals surface area contributed by atoms with Crippen molar-refractivity contribution in [2.24, 2.45) is 0 Å². The molecular weight excluding hydrogens is 318 g/mol. The van der Waals surface area contributed by atoms with Crippen LogP contribution in [0.25, 0.3) is 0 Å². The average Bonchev–Trinajstić information content (AvgIpc) is 2.63. The van der Waals surface area contributed by atoms with Gasteiger partial charge in [-0.15, -0.1) is 0 Å². The van der Waals surface area contributed by atoms with Crippen LogP contribution in [0.5, 0.6) is 0 Å². The molecule has 3 aromatic rings. The number of carboxylic acid groups (broad SMARTS) is 1. The fourth-order valence-electron chi connectivity index (χ4n) is 2.49. The largest absolute Gasteiger partial charge is 0.465 e. The van der Waals surface area contributed by atoms with Gasteiger partial charge < -0.3 is 5.11 Å². The molecule has 0 aliphatic rings. The lowest BCUT2D eigenvalue weighted by molar-refractivity contribution is 0.201. The lowest BCUT2D eigenvalue weighted by Gasteiger charge is -2.18. The van der Waals surface area contributed by atoms with Crippen LogP contribution >= 0.6 is 0 Å². The van der Waals surface area contributed by atoms with Crippen molar-refractivity contribution in [1.29, 1.82) is 0 Å². The molecular formula is C19H17N3O3. The third-order valence-electron chi connectivity index (χ3n) is 3.75. The molecule has 25 heavy (non-hydrogen) atoms. The van der Waals surface area contributed by atoms with Gasteiger partial charge >= 0.3 is 6.09 Å². The van der Waals surface area contributed by atoms with Crippen molar-refractivity contribution in [3.63, 3.8) is 0 Å². The number of rotatable bonds is 5. The number of hydrogen-bond donors (Lipinski definition) is 1. The lowest BCUT2D eigenvalue weighted by atomic mass is 10.2. The SMILES string of the molecule is O=C(O)N(Cc1cc(=O)n(Cc2ccccc2)cn1)c1ccccc1. The number of hydrogen-bond acceptors (Lipinski definition) is 3. The van der Waals surface area contributed by atoms with Gasteiger partial charge in [0.2, 0.25) is 0 Å². The molecule has 6 heteroatoms. The molecule has 2 aromatic carbocycles. The fourth-order valence-corrected chi connectivity index (χ4v) is 2.49. The van der Waals surface area contributed by atoms with E-state index >= 15 is 0 Å². The Morgan fingerprint density at radius 2 is 1.68 bits per heavy atom. The molecule has 0 saturated heterocycles. The molecule has 0 bridgehead atoms. The Hall–Kier alpha value is -3.41. The molecule has 0 atom stereocenters. The van der Waals surface area contributed by atoms with E-state index < -0.39 is 6.09 Å². The third kappa shape index (κ3) is 4.11. The van der Waals surface area contributed by atoms with Crippen LogP contribution in [0.3, 0.4) is 0 Å². The predicted octanol–water partition coefficient (Wildman–Crippen LogP) is 2.98. The number of amides is 1. The maximum absolute atomic E-state index is 12.3. The summed E-state index contributed by atoms with van der Waals surface area (Å²) in [5.41, 5.74) is 1.72. The van der Waals surface area contributed by atoms with E-state index in [1.807, 2.05) is 36.4 Å². The highest BCUT2D eigenvalue weighted by atomic mass is 16.4. The van der Waals surface area contributed by atoms with Gasteiger partial charge in [0, 0.05) is 11.8 Å². The van der Waals surface area contributed by atoms with Crippen molar-refractivity contribution in [2.45, 2.75) is 13.1 Å². The Kier molecular flexibility index (Phi) is 4.89. The molecule has 1 aromatic heterocycles. The van der Waals surface area contributed by atoms with E-state index in [1.54, 1.807) is 24.3 Å². The second-order valence-corrected chi connectivity index (χ2v) is 5.54. The average molecular weight is 335 g/mol. The molecule has 6 nitrogen and oxygen atoms in total. The molecule has 1 heterocycles. The Morgan fingerprint density at radius 1 is 1.04 bits per heavy atom. The van der Waals surface area contributed by atoms with E-state index in [1.165, 1.54) is 17.0 Å². The smallest absolute Gasteiger partial charge is 0.412 e. The summed E-state index contributed by atoms with van der Waals surface area (Å²) in [6, 6.07) is 19.7. The number of carbonyl (C=O) groups is 1. The number of aromatic nitrogens is 2. The van der Waals surface area contributed by atoms with Crippen molar-refractivity contribution in [2.75, 3.05) is 4.90 Å². The van der Waals surface area contributed by atoms with E-state index in [4.69, 9.17) is 0 Å². The molecule has 1 amide bonds. The summed E-state index contributed by atoms with van der Waals surface area (Å²) in [5, 5.41) is 9.42. The maximum Gasteiger partial charge on any atom is 0.412 e. The van der Waals surface area contributed by atoms with Crippen molar-refractivity contribution < 1.29 is 9.90 Å². The Balaban J connectivity index is 1.80. The first-order chi connectivity index (χ1) is 12.1. The fraction of sp³-hybridized carbons (Fsp3) is 0.105. The number of para-hydroxylation sites is 1. The minimum absolute atomic E-state index is 0.0146. The molecule has 0 fully saturated rings. The predicted molar refractivity (Wildman–Crippen MR) is 94.7 cm³/mol. The quantitative estimate of drug-likeness (QED) is 0.778. The van der Waals surface area contributed by atoms with Gasteiger partial charge in [0.25, 0.3) is 5.56 Å². The summed E-state index contributed by atoms with van der Waals surface area (Å²) >= 11 is 0. The monoisotopic (exact) mass is 335 g/mol. The van der Waals surface area contributed by atoms with E-state index in [0.717, 1.165) is 10.5 Å². The highest BCUT2D eigenvalue weighted by Gasteiger charge is 2.15. The zero-order valence-electron chi connectivity index (χ0n) is 13.4. The first-order valence-corrected chi connectivity index (χ1v) is 7.78. The molecule has 0 aliphatic heterocycles. The number of benzene rings is 2. The molecule has 1 N–H and O–H groups in total. The maximum atomic E-state index is 12.3.